The summed E-state index contributed by atoms with van der Waals surface area (Å²) in [6.07, 6.45) is 5.81. The highest BCUT2D eigenvalue weighted by molar-refractivity contribution is 6.74. The highest BCUT2D eigenvalue weighted by Crippen LogP contribution is 2.44. The number of anilines is 3. The summed E-state index contributed by atoms with van der Waals surface area (Å²) in [6, 6.07) is 8.28. The first-order chi connectivity index (χ1) is 17.9. The Kier molecular flexibility index (Phi) is 6.48. The first-order valence-corrected chi connectivity index (χ1v) is 16.1. The van der Waals surface area contributed by atoms with E-state index in [9.17, 15) is 5.26 Å². The minimum atomic E-state index is -1.93. The molecule has 3 heterocycles. The van der Waals surface area contributed by atoms with Crippen LogP contribution in [0.15, 0.2) is 30.6 Å². The molecule has 1 saturated carbocycles. The number of ether oxygens (including phenoxy) is 1. The number of nitrogens with one attached hydrogen (secondary N) is 2. The van der Waals surface area contributed by atoms with Gasteiger partial charge in [-0.1, -0.05) is 27.7 Å². The molecule has 1 aromatic carbocycles. The van der Waals surface area contributed by atoms with Crippen LogP contribution in [0.3, 0.4) is 0 Å². The summed E-state index contributed by atoms with van der Waals surface area (Å²) >= 11 is 0. The van der Waals surface area contributed by atoms with Crippen LogP contribution in [0.1, 0.15) is 51.7 Å². The highest BCUT2D eigenvalue weighted by Gasteiger charge is 2.42. The second-order valence-corrected chi connectivity index (χ2v) is 17.0. The molecule has 38 heavy (non-hydrogen) atoms. The van der Waals surface area contributed by atoms with Gasteiger partial charge in [0, 0.05) is 37.4 Å². The molecule has 5 rings (SSSR count). The van der Waals surface area contributed by atoms with Crippen LogP contribution in [-0.2, 0) is 16.9 Å². The van der Waals surface area contributed by atoms with Gasteiger partial charge >= 0.3 is 0 Å². The molecule has 0 spiro atoms. The van der Waals surface area contributed by atoms with Gasteiger partial charge in [0.25, 0.3) is 0 Å². The number of rotatable bonds is 8. The van der Waals surface area contributed by atoms with Gasteiger partial charge in [0.15, 0.2) is 8.32 Å². The summed E-state index contributed by atoms with van der Waals surface area (Å²) < 4.78 is 14.4. The zero-order valence-electron chi connectivity index (χ0n) is 23.3. The van der Waals surface area contributed by atoms with E-state index < -0.39 is 8.32 Å². The Balaban J connectivity index is 1.44. The quantitative estimate of drug-likeness (QED) is 0.354. The maximum Gasteiger partial charge on any atom is 0.236 e. The highest BCUT2D eigenvalue weighted by atomic mass is 28.4. The Morgan fingerprint density at radius 2 is 2.05 bits per heavy atom. The van der Waals surface area contributed by atoms with Crippen LogP contribution in [0.25, 0.3) is 11.3 Å². The molecule has 10 heteroatoms. The zero-order chi connectivity index (χ0) is 27.3. The summed E-state index contributed by atoms with van der Waals surface area (Å²) in [4.78, 5) is 9.20. The first-order valence-electron chi connectivity index (χ1n) is 13.2. The van der Waals surface area contributed by atoms with Crippen molar-refractivity contribution in [2.75, 3.05) is 23.8 Å². The van der Waals surface area contributed by atoms with Crippen LogP contribution >= 0.6 is 0 Å². The number of fused-ring (bicyclic) bond motifs is 1. The van der Waals surface area contributed by atoms with Crippen LogP contribution < -0.4 is 15.4 Å². The SMILES string of the molecule is Cn1ncc(Nc2nccc(-c3cc(C#N)c4c(c3)[C@@](C)(CO[Si](C)(C)C(C)(C)C)CN4)n2)c1OC1CC1. The lowest BCUT2D eigenvalue weighted by Gasteiger charge is -2.39. The molecule has 3 aromatic rings. The van der Waals surface area contributed by atoms with Crippen molar-refractivity contribution in [2.24, 2.45) is 7.05 Å². The van der Waals surface area contributed by atoms with Crippen molar-refractivity contribution in [3.05, 3.63) is 41.7 Å². The lowest BCUT2D eigenvalue weighted by Crippen LogP contribution is -2.45. The number of hydrogen-bond donors (Lipinski definition) is 2. The average molecular weight is 532 g/mol. The molecule has 2 aliphatic rings. The summed E-state index contributed by atoms with van der Waals surface area (Å²) in [7, 11) is -0.0779. The van der Waals surface area contributed by atoms with E-state index in [0.29, 0.717) is 24.0 Å². The summed E-state index contributed by atoms with van der Waals surface area (Å²) in [6.45, 7) is 14.8. The van der Waals surface area contributed by atoms with Crippen LogP contribution in [-0.4, -0.2) is 47.3 Å². The van der Waals surface area contributed by atoms with Gasteiger partial charge in [0.2, 0.25) is 11.8 Å². The smallest absolute Gasteiger partial charge is 0.236 e. The molecule has 1 aliphatic heterocycles. The number of hydrogen-bond acceptors (Lipinski definition) is 8. The summed E-state index contributed by atoms with van der Waals surface area (Å²) in [5, 5.41) is 21.2. The number of aryl methyl sites for hydroxylation is 1. The van der Waals surface area contributed by atoms with Gasteiger partial charge in [-0.15, -0.1) is 0 Å². The second-order valence-electron chi connectivity index (χ2n) is 12.2. The van der Waals surface area contributed by atoms with Crippen LogP contribution in [0.4, 0.5) is 17.3 Å². The molecule has 200 valence electrons. The van der Waals surface area contributed by atoms with Crippen molar-refractivity contribution < 1.29 is 9.16 Å². The van der Waals surface area contributed by atoms with Crippen molar-refractivity contribution in [1.82, 2.24) is 19.7 Å². The van der Waals surface area contributed by atoms with Gasteiger partial charge in [-0.3, -0.25) is 0 Å². The van der Waals surface area contributed by atoms with E-state index in [1.54, 1.807) is 17.1 Å². The standard InChI is InChI=1S/C28H37N7O2Si/c1-27(2,3)38(6,7)36-17-28(4)16-31-24-19(14-29)12-18(13-21(24)28)22-10-11-30-26(33-22)34-23-15-32-35(5)25(23)37-20-8-9-20/h10-13,15,20,31H,8-9,16-17H2,1-7H3,(H,30,33,34)/t28-/m1/s1. The van der Waals surface area contributed by atoms with Gasteiger partial charge < -0.3 is 19.8 Å². The first kappa shape index (κ1) is 26.2. The molecular formula is C28H37N7O2Si. The average Bonchev–Trinajstić information content (AvgIpc) is 3.56. The van der Waals surface area contributed by atoms with Crippen molar-refractivity contribution in [1.29, 1.82) is 5.26 Å². The van der Waals surface area contributed by atoms with E-state index in [1.807, 2.05) is 19.2 Å². The maximum absolute atomic E-state index is 9.99. The van der Waals surface area contributed by atoms with Crippen LogP contribution in [0.5, 0.6) is 5.88 Å². The van der Waals surface area contributed by atoms with Crippen molar-refractivity contribution >= 4 is 25.6 Å². The fraction of sp³-hybridized carbons (Fsp3) is 0.500. The molecule has 2 aromatic heterocycles. The zero-order valence-corrected chi connectivity index (χ0v) is 24.3. The van der Waals surface area contributed by atoms with E-state index >= 15 is 0 Å². The molecule has 9 nitrogen and oxygen atoms in total. The number of benzene rings is 1. The third-order valence-corrected chi connectivity index (χ3v) is 12.5. The molecule has 1 aliphatic carbocycles. The lowest BCUT2D eigenvalue weighted by molar-refractivity contribution is 0.220. The maximum atomic E-state index is 9.99. The van der Waals surface area contributed by atoms with E-state index in [2.05, 4.69) is 73.6 Å². The van der Waals surface area contributed by atoms with Gasteiger partial charge in [-0.05, 0) is 54.7 Å². The largest absolute Gasteiger partial charge is 0.473 e. The Hall–Kier alpha value is -3.42. The van der Waals surface area contributed by atoms with Crippen LogP contribution in [0.2, 0.25) is 18.1 Å². The monoisotopic (exact) mass is 531 g/mol. The lowest BCUT2D eigenvalue weighted by atomic mass is 9.83. The normalized spacial score (nSPS) is 19.0. The van der Waals surface area contributed by atoms with Gasteiger partial charge in [0.05, 0.1) is 23.1 Å². The molecule has 0 saturated heterocycles. The van der Waals surface area contributed by atoms with Crippen molar-refractivity contribution in [2.45, 2.75) is 70.2 Å². The molecule has 1 fully saturated rings. The third-order valence-electron chi connectivity index (χ3n) is 8.01. The molecule has 0 amide bonds. The van der Waals surface area contributed by atoms with Crippen molar-refractivity contribution in [3.63, 3.8) is 0 Å². The van der Waals surface area contributed by atoms with E-state index in [-0.39, 0.29) is 16.6 Å². The minimum Gasteiger partial charge on any atom is -0.473 e. The predicted molar refractivity (Wildman–Crippen MR) is 151 cm³/mol. The summed E-state index contributed by atoms with van der Waals surface area (Å²) in [5.41, 5.74) is 4.65. The van der Waals surface area contributed by atoms with Gasteiger partial charge in [-0.2, -0.15) is 10.4 Å². The Bertz CT molecular complexity index is 1400. The van der Waals surface area contributed by atoms with E-state index in [1.165, 1.54) is 0 Å². The minimum absolute atomic E-state index is 0.125. The Morgan fingerprint density at radius 1 is 1.29 bits per heavy atom. The molecule has 2 N–H and O–H groups in total. The number of aromatic nitrogens is 4. The molecular weight excluding hydrogens is 494 g/mol. The second kappa shape index (κ2) is 9.40. The van der Waals surface area contributed by atoms with E-state index in [0.717, 1.165) is 47.6 Å². The molecule has 0 radical (unpaired) electrons. The predicted octanol–water partition coefficient (Wildman–Crippen LogP) is 5.74. The fourth-order valence-corrected chi connectivity index (χ4v) is 5.42. The summed E-state index contributed by atoms with van der Waals surface area (Å²) in [5.74, 6) is 1.12. The fourth-order valence-electron chi connectivity index (χ4n) is 4.30. The number of nitrogens with zero attached hydrogens (tertiary/aromatic N) is 5. The van der Waals surface area contributed by atoms with Crippen molar-refractivity contribution in [3.8, 4) is 23.2 Å². The van der Waals surface area contributed by atoms with Gasteiger partial charge in [-0.25, -0.2) is 14.6 Å². The Morgan fingerprint density at radius 3 is 2.74 bits per heavy atom. The Labute approximate surface area is 225 Å². The third kappa shape index (κ3) is 5.00. The van der Waals surface area contributed by atoms with Crippen LogP contribution in [0, 0.1) is 11.3 Å². The topological polar surface area (TPSA) is 110 Å². The van der Waals surface area contributed by atoms with E-state index in [4.69, 9.17) is 14.1 Å². The molecule has 0 unspecified atom stereocenters. The molecule has 0 bridgehead atoms. The number of nitriles is 1. The van der Waals surface area contributed by atoms with Gasteiger partial charge in [0.1, 0.15) is 17.9 Å². The molecule has 1 atom stereocenters.